The molecule has 0 aliphatic carbocycles. The molecule has 1 fully saturated rings. The Bertz CT molecular complexity index is 893. The molecule has 1 aromatic carbocycles. The number of carbonyl (C=O) groups excluding carboxylic acids is 2. The van der Waals surface area contributed by atoms with Gasteiger partial charge in [-0.2, -0.15) is 0 Å². The predicted octanol–water partition coefficient (Wildman–Crippen LogP) is 3.06. The van der Waals surface area contributed by atoms with Crippen LogP contribution in [0.5, 0.6) is 0 Å². The van der Waals surface area contributed by atoms with Gasteiger partial charge >= 0.3 is 0 Å². The lowest BCUT2D eigenvalue weighted by molar-refractivity contribution is -0.131. The van der Waals surface area contributed by atoms with Gasteiger partial charge in [-0.1, -0.05) is 42.4 Å². The number of piperazine rings is 1. The zero-order valence-electron chi connectivity index (χ0n) is 15.9. The summed E-state index contributed by atoms with van der Waals surface area (Å²) in [4.78, 5) is 36.4. The van der Waals surface area contributed by atoms with Gasteiger partial charge in [0.15, 0.2) is 5.16 Å². The van der Waals surface area contributed by atoms with Crippen molar-refractivity contribution in [1.29, 1.82) is 0 Å². The second-order valence-corrected chi connectivity index (χ2v) is 7.70. The highest BCUT2D eigenvalue weighted by atomic mass is 35.5. The number of aromatic nitrogens is 2. The third-order valence-electron chi connectivity index (χ3n) is 4.40. The van der Waals surface area contributed by atoms with Crippen molar-refractivity contribution < 1.29 is 14.0 Å². The van der Waals surface area contributed by atoms with Gasteiger partial charge in [0.2, 0.25) is 11.8 Å². The number of benzene rings is 1. The van der Waals surface area contributed by atoms with E-state index in [4.69, 9.17) is 11.6 Å². The third-order valence-corrected chi connectivity index (χ3v) is 5.44. The number of para-hydroxylation sites is 1. The summed E-state index contributed by atoms with van der Waals surface area (Å²) >= 11 is 7.25. The van der Waals surface area contributed by atoms with Crippen LogP contribution in [0.1, 0.15) is 13.3 Å². The Kier molecular flexibility index (Phi) is 7.27. The molecule has 10 heteroatoms. The van der Waals surface area contributed by atoms with E-state index in [2.05, 4.69) is 15.3 Å². The molecule has 154 valence electrons. The third kappa shape index (κ3) is 5.80. The van der Waals surface area contributed by atoms with Crippen LogP contribution in [0, 0.1) is 5.82 Å². The molecule has 7 nitrogen and oxygen atoms in total. The Labute approximate surface area is 177 Å². The fourth-order valence-electron chi connectivity index (χ4n) is 2.90. The SMILES string of the molecule is CCC(=O)N1CCN(c2cc(Cl)nc(SCC(=O)Nc3ccccc3F)n2)CC1. The van der Waals surface area contributed by atoms with Gasteiger partial charge in [0.25, 0.3) is 0 Å². The van der Waals surface area contributed by atoms with E-state index in [1.165, 1.54) is 12.1 Å². The second kappa shape index (κ2) is 9.89. The van der Waals surface area contributed by atoms with Crippen molar-refractivity contribution in [2.75, 3.05) is 42.1 Å². The lowest BCUT2D eigenvalue weighted by Gasteiger charge is -2.35. The summed E-state index contributed by atoms with van der Waals surface area (Å²) in [6.45, 7) is 4.41. The Morgan fingerprint density at radius 1 is 1.21 bits per heavy atom. The molecule has 1 aliphatic rings. The first-order valence-electron chi connectivity index (χ1n) is 9.20. The zero-order chi connectivity index (χ0) is 20.8. The first-order chi connectivity index (χ1) is 14.0. The van der Waals surface area contributed by atoms with Crippen LogP contribution >= 0.6 is 23.4 Å². The summed E-state index contributed by atoms with van der Waals surface area (Å²) in [5, 5.41) is 3.16. The van der Waals surface area contributed by atoms with E-state index < -0.39 is 5.82 Å². The van der Waals surface area contributed by atoms with Gasteiger partial charge in [0.05, 0.1) is 11.4 Å². The van der Waals surface area contributed by atoms with E-state index >= 15 is 0 Å². The van der Waals surface area contributed by atoms with Crippen molar-refractivity contribution in [3.8, 4) is 0 Å². The fourth-order valence-corrected chi connectivity index (χ4v) is 3.78. The van der Waals surface area contributed by atoms with E-state index in [9.17, 15) is 14.0 Å². The number of amides is 2. The van der Waals surface area contributed by atoms with E-state index in [0.717, 1.165) is 11.8 Å². The predicted molar refractivity (Wildman–Crippen MR) is 112 cm³/mol. The van der Waals surface area contributed by atoms with Crippen molar-refractivity contribution in [3.05, 3.63) is 41.3 Å². The summed E-state index contributed by atoms with van der Waals surface area (Å²) in [6, 6.07) is 7.64. The molecule has 1 saturated heterocycles. The van der Waals surface area contributed by atoms with Crippen LogP contribution in [0.25, 0.3) is 0 Å². The number of anilines is 2. The first kappa shape index (κ1) is 21.3. The molecule has 1 N–H and O–H groups in total. The zero-order valence-corrected chi connectivity index (χ0v) is 17.5. The summed E-state index contributed by atoms with van der Waals surface area (Å²) in [5.74, 6) is -0.0368. The van der Waals surface area contributed by atoms with Crippen molar-refractivity contribution in [2.45, 2.75) is 18.5 Å². The van der Waals surface area contributed by atoms with Gasteiger partial charge < -0.3 is 15.1 Å². The molecule has 2 aromatic rings. The Morgan fingerprint density at radius 3 is 2.62 bits per heavy atom. The van der Waals surface area contributed by atoms with E-state index in [0.29, 0.717) is 43.6 Å². The van der Waals surface area contributed by atoms with Gasteiger partial charge in [0.1, 0.15) is 16.8 Å². The number of nitrogens with one attached hydrogen (secondary N) is 1. The van der Waals surface area contributed by atoms with E-state index in [-0.39, 0.29) is 28.4 Å². The van der Waals surface area contributed by atoms with Crippen molar-refractivity contribution in [2.24, 2.45) is 0 Å². The lowest BCUT2D eigenvalue weighted by Crippen LogP contribution is -2.48. The number of hydrogen-bond acceptors (Lipinski definition) is 6. The Hall–Kier alpha value is -2.39. The molecular weight excluding hydrogens is 417 g/mol. The Morgan fingerprint density at radius 2 is 1.93 bits per heavy atom. The van der Waals surface area contributed by atoms with Crippen LogP contribution in [0.15, 0.2) is 35.5 Å². The molecule has 29 heavy (non-hydrogen) atoms. The maximum atomic E-state index is 13.6. The van der Waals surface area contributed by atoms with Gasteiger partial charge in [-0.25, -0.2) is 14.4 Å². The quantitative estimate of drug-likeness (QED) is 0.425. The van der Waals surface area contributed by atoms with Crippen molar-refractivity contribution in [3.63, 3.8) is 0 Å². The van der Waals surface area contributed by atoms with Gasteiger partial charge in [0, 0.05) is 38.7 Å². The number of thioether (sulfide) groups is 1. The summed E-state index contributed by atoms with van der Waals surface area (Å²) in [7, 11) is 0. The van der Waals surface area contributed by atoms with Crippen LogP contribution in [-0.4, -0.2) is 58.6 Å². The smallest absolute Gasteiger partial charge is 0.234 e. The summed E-state index contributed by atoms with van der Waals surface area (Å²) < 4.78 is 13.6. The molecule has 3 rings (SSSR count). The maximum absolute atomic E-state index is 13.6. The minimum atomic E-state index is -0.493. The van der Waals surface area contributed by atoms with Crippen molar-refractivity contribution >= 4 is 46.7 Å². The average molecular weight is 438 g/mol. The average Bonchev–Trinajstić information content (AvgIpc) is 2.73. The number of hydrogen-bond donors (Lipinski definition) is 1. The first-order valence-corrected chi connectivity index (χ1v) is 10.6. The number of nitrogens with zero attached hydrogens (tertiary/aromatic N) is 4. The summed E-state index contributed by atoms with van der Waals surface area (Å²) in [6.07, 6.45) is 0.495. The molecule has 0 saturated carbocycles. The number of carbonyl (C=O) groups is 2. The molecule has 0 radical (unpaired) electrons. The number of halogens is 2. The molecule has 2 heterocycles. The molecule has 2 amide bonds. The minimum Gasteiger partial charge on any atom is -0.353 e. The highest BCUT2D eigenvalue weighted by molar-refractivity contribution is 7.99. The number of rotatable bonds is 6. The van der Waals surface area contributed by atoms with Crippen LogP contribution in [0.4, 0.5) is 15.9 Å². The van der Waals surface area contributed by atoms with Crippen LogP contribution in [-0.2, 0) is 9.59 Å². The fraction of sp³-hybridized carbons (Fsp3) is 0.368. The summed E-state index contributed by atoms with van der Waals surface area (Å²) in [5.41, 5.74) is 0.130. The molecule has 0 atom stereocenters. The Balaban J connectivity index is 1.59. The maximum Gasteiger partial charge on any atom is 0.234 e. The molecular formula is C19H21ClFN5O2S. The van der Waals surface area contributed by atoms with Crippen LogP contribution in [0.3, 0.4) is 0 Å². The van der Waals surface area contributed by atoms with Gasteiger partial charge in [-0.15, -0.1) is 0 Å². The molecule has 0 spiro atoms. The van der Waals surface area contributed by atoms with Crippen LogP contribution in [0.2, 0.25) is 5.15 Å². The van der Waals surface area contributed by atoms with E-state index in [1.807, 2.05) is 16.7 Å². The normalized spacial score (nSPS) is 14.0. The van der Waals surface area contributed by atoms with Crippen molar-refractivity contribution in [1.82, 2.24) is 14.9 Å². The lowest BCUT2D eigenvalue weighted by atomic mass is 10.3. The highest BCUT2D eigenvalue weighted by Crippen LogP contribution is 2.23. The minimum absolute atomic E-state index is 0.0207. The molecule has 0 unspecified atom stereocenters. The standard InChI is InChI=1S/C19H21ClFN5O2S/c1-2-18(28)26-9-7-25(8-10-26)16-11-15(20)23-19(24-16)29-12-17(27)22-14-6-4-3-5-13(14)21/h3-6,11H,2,7-10,12H2,1H3,(H,22,27). The van der Waals surface area contributed by atoms with Crippen LogP contribution < -0.4 is 10.2 Å². The molecule has 0 bridgehead atoms. The molecule has 1 aliphatic heterocycles. The largest absolute Gasteiger partial charge is 0.353 e. The second-order valence-electron chi connectivity index (χ2n) is 6.37. The topological polar surface area (TPSA) is 78.4 Å². The molecule has 1 aromatic heterocycles. The monoisotopic (exact) mass is 437 g/mol. The van der Waals surface area contributed by atoms with E-state index in [1.54, 1.807) is 18.2 Å². The highest BCUT2D eigenvalue weighted by Gasteiger charge is 2.22. The van der Waals surface area contributed by atoms with Gasteiger partial charge in [-0.05, 0) is 12.1 Å². The van der Waals surface area contributed by atoms with Gasteiger partial charge in [-0.3, -0.25) is 9.59 Å².